The van der Waals surface area contributed by atoms with Crippen molar-refractivity contribution in [3.63, 3.8) is 0 Å². The van der Waals surface area contributed by atoms with Gasteiger partial charge in [0, 0.05) is 11.1 Å². The summed E-state index contributed by atoms with van der Waals surface area (Å²) >= 11 is 18.9. The Morgan fingerprint density at radius 2 is 1.82 bits per heavy atom. The lowest BCUT2D eigenvalue weighted by atomic mass is 10.4. The number of benzene rings is 1. The van der Waals surface area contributed by atoms with Crippen LogP contribution >= 0.6 is 46.6 Å². The molecule has 0 spiro atoms. The minimum absolute atomic E-state index is 0.504. The molecule has 0 aliphatic rings. The molecular formula is C11H7Cl3N2S. The van der Waals surface area contributed by atoms with Crippen molar-refractivity contribution in [2.45, 2.75) is 9.92 Å². The molecule has 0 saturated heterocycles. The molecule has 2 N–H and O–H groups in total. The maximum Gasteiger partial charge on any atom is 0.124 e. The van der Waals surface area contributed by atoms with Crippen molar-refractivity contribution in [1.29, 1.82) is 0 Å². The van der Waals surface area contributed by atoms with E-state index in [1.165, 1.54) is 11.8 Å². The van der Waals surface area contributed by atoms with Crippen molar-refractivity contribution in [3.8, 4) is 0 Å². The minimum Gasteiger partial charge on any atom is -0.396 e. The molecule has 0 atom stereocenters. The molecule has 0 amide bonds. The zero-order valence-corrected chi connectivity index (χ0v) is 11.5. The van der Waals surface area contributed by atoms with E-state index < -0.39 is 0 Å². The number of pyridine rings is 1. The largest absolute Gasteiger partial charge is 0.396 e. The van der Waals surface area contributed by atoms with E-state index in [4.69, 9.17) is 40.5 Å². The van der Waals surface area contributed by atoms with Gasteiger partial charge in [-0.3, -0.25) is 0 Å². The Balaban J connectivity index is 2.28. The van der Waals surface area contributed by atoms with Gasteiger partial charge in [-0.05, 0) is 24.3 Å². The molecule has 0 fully saturated rings. The molecule has 2 nitrogen and oxygen atoms in total. The molecule has 0 aliphatic heterocycles. The number of rotatable bonds is 2. The van der Waals surface area contributed by atoms with E-state index in [1.54, 1.807) is 24.4 Å². The van der Waals surface area contributed by atoms with Gasteiger partial charge in [-0.2, -0.15) is 0 Å². The van der Waals surface area contributed by atoms with Crippen LogP contribution in [0.2, 0.25) is 15.1 Å². The third-order valence-corrected chi connectivity index (χ3v) is 3.92. The number of nitrogen functional groups attached to an aromatic ring is 1. The SMILES string of the molecule is Nc1cc(Cl)cnc1Sc1ccc(Cl)c(Cl)c1. The van der Waals surface area contributed by atoms with Crippen LogP contribution < -0.4 is 5.73 Å². The lowest BCUT2D eigenvalue weighted by Crippen LogP contribution is -1.91. The molecule has 6 heteroatoms. The predicted octanol–water partition coefficient (Wildman–Crippen LogP) is 4.78. The van der Waals surface area contributed by atoms with Gasteiger partial charge < -0.3 is 5.73 Å². The summed E-state index contributed by atoms with van der Waals surface area (Å²) in [4.78, 5) is 5.07. The van der Waals surface area contributed by atoms with Crippen molar-refractivity contribution in [3.05, 3.63) is 45.5 Å². The number of hydrogen-bond acceptors (Lipinski definition) is 3. The van der Waals surface area contributed by atoms with E-state index in [0.29, 0.717) is 25.8 Å². The highest BCUT2D eigenvalue weighted by molar-refractivity contribution is 7.99. The van der Waals surface area contributed by atoms with Crippen molar-refractivity contribution in [2.75, 3.05) is 5.73 Å². The molecule has 1 aromatic carbocycles. The molecule has 2 aromatic rings. The fourth-order valence-electron chi connectivity index (χ4n) is 1.18. The average Bonchev–Trinajstić information content (AvgIpc) is 2.27. The summed E-state index contributed by atoms with van der Waals surface area (Å²) in [5, 5.41) is 2.23. The second-order valence-electron chi connectivity index (χ2n) is 3.23. The Labute approximate surface area is 118 Å². The number of aromatic nitrogens is 1. The lowest BCUT2D eigenvalue weighted by molar-refractivity contribution is 1.14. The molecule has 88 valence electrons. The van der Waals surface area contributed by atoms with E-state index >= 15 is 0 Å². The van der Waals surface area contributed by atoms with Gasteiger partial charge in [0.05, 0.1) is 20.8 Å². The number of nitrogens with two attached hydrogens (primary N) is 1. The van der Waals surface area contributed by atoms with Gasteiger partial charge >= 0.3 is 0 Å². The van der Waals surface area contributed by atoms with Crippen LogP contribution in [-0.2, 0) is 0 Å². The Morgan fingerprint density at radius 1 is 1.06 bits per heavy atom. The summed E-state index contributed by atoms with van der Waals surface area (Å²) in [6, 6.07) is 7.02. The highest BCUT2D eigenvalue weighted by atomic mass is 35.5. The third kappa shape index (κ3) is 3.19. The van der Waals surface area contributed by atoms with E-state index in [1.807, 2.05) is 6.07 Å². The van der Waals surface area contributed by atoms with Gasteiger partial charge in [0.25, 0.3) is 0 Å². The number of hydrogen-bond donors (Lipinski definition) is 1. The van der Waals surface area contributed by atoms with E-state index in [2.05, 4.69) is 4.98 Å². The first-order valence-corrected chi connectivity index (χ1v) is 6.55. The van der Waals surface area contributed by atoms with Gasteiger partial charge in [-0.25, -0.2) is 4.98 Å². The summed E-state index contributed by atoms with van der Waals surface area (Å²) < 4.78 is 0. The van der Waals surface area contributed by atoms with Crippen LogP contribution in [0, 0.1) is 0 Å². The van der Waals surface area contributed by atoms with Crippen molar-refractivity contribution in [2.24, 2.45) is 0 Å². The number of halogens is 3. The van der Waals surface area contributed by atoms with Crippen LogP contribution in [0.1, 0.15) is 0 Å². The Hall–Kier alpha value is -0.610. The van der Waals surface area contributed by atoms with Crippen molar-refractivity contribution in [1.82, 2.24) is 4.98 Å². The van der Waals surface area contributed by atoms with Gasteiger partial charge in [0.1, 0.15) is 5.03 Å². The van der Waals surface area contributed by atoms with Crippen molar-refractivity contribution >= 4 is 52.3 Å². The highest BCUT2D eigenvalue weighted by Gasteiger charge is 2.06. The molecule has 1 heterocycles. The maximum atomic E-state index is 5.93. The molecule has 0 saturated carbocycles. The second kappa shape index (κ2) is 5.36. The van der Waals surface area contributed by atoms with Crippen LogP contribution in [0.4, 0.5) is 5.69 Å². The predicted molar refractivity (Wildman–Crippen MR) is 74.2 cm³/mol. The van der Waals surface area contributed by atoms with Gasteiger partial charge in [0.15, 0.2) is 0 Å². The Kier molecular flexibility index (Phi) is 4.05. The third-order valence-electron chi connectivity index (χ3n) is 1.95. The van der Waals surface area contributed by atoms with Crippen LogP contribution in [0.5, 0.6) is 0 Å². The Morgan fingerprint density at radius 3 is 2.47 bits per heavy atom. The highest BCUT2D eigenvalue weighted by Crippen LogP contribution is 2.34. The van der Waals surface area contributed by atoms with E-state index in [9.17, 15) is 0 Å². The zero-order chi connectivity index (χ0) is 12.4. The molecule has 0 unspecified atom stereocenters. The van der Waals surface area contributed by atoms with Crippen LogP contribution in [0.3, 0.4) is 0 Å². The summed E-state index contributed by atoms with van der Waals surface area (Å²) in [6.07, 6.45) is 1.55. The smallest absolute Gasteiger partial charge is 0.124 e. The van der Waals surface area contributed by atoms with Crippen LogP contribution in [0.25, 0.3) is 0 Å². The van der Waals surface area contributed by atoms with E-state index in [0.717, 1.165) is 4.90 Å². The fourth-order valence-corrected chi connectivity index (χ4v) is 2.53. The normalized spacial score (nSPS) is 10.5. The van der Waals surface area contributed by atoms with Crippen molar-refractivity contribution < 1.29 is 0 Å². The van der Waals surface area contributed by atoms with E-state index in [-0.39, 0.29) is 0 Å². The molecule has 2 rings (SSSR count). The number of nitrogens with zero attached hydrogens (tertiary/aromatic N) is 1. The molecule has 0 radical (unpaired) electrons. The summed E-state index contributed by atoms with van der Waals surface area (Å²) in [6.45, 7) is 0. The van der Waals surface area contributed by atoms with Crippen LogP contribution in [-0.4, -0.2) is 4.98 Å². The Bertz CT molecular complexity index is 560. The first-order valence-electron chi connectivity index (χ1n) is 4.60. The van der Waals surface area contributed by atoms with Gasteiger partial charge in [0.2, 0.25) is 0 Å². The van der Waals surface area contributed by atoms with Gasteiger partial charge in [-0.15, -0.1) is 0 Å². The quantitative estimate of drug-likeness (QED) is 0.868. The fraction of sp³-hybridized carbons (Fsp3) is 0. The molecule has 0 aliphatic carbocycles. The second-order valence-corrected chi connectivity index (χ2v) is 5.54. The van der Waals surface area contributed by atoms with Crippen LogP contribution in [0.15, 0.2) is 40.4 Å². The average molecular weight is 306 g/mol. The standard InChI is InChI=1S/C11H7Cl3N2S/c12-6-3-10(15)11(16-5-6)17-7-1-2-8(13)9(14)4-7/h1-5H,15H2. The lowest BCUT2D eigenvalue weighted by Gasteiger charge is -2.05. The zero-order valence-electron chi connectivity index (χ0n) is 8.45. The summed E-state index contributed by atoms with van der Waals surface area (Å²) in [5.74, 6) is 0. The molecule has 1 aromatic heterocycles. The van der Waals surface area contributed by atoms with Gasteiger partial charge in [-0.1, -0.05) is 46.6 Å². The minimum atomic E-state index is 0.504. The first-order chi connectivity index (χ1) is 8.06. The first kappa shape index (κ1) is 12.8. The monoisotopic (exact) mass is 304 g/mol. The summed E-state index contributed by atoms with van der Waals surface area (Å²) in [7, 11) is 0. The molecule has 17 heavy (non-hydrogen) atoms. The maximum absolute atomic E-state index is 5.93. The summed E-state index contributed by atoms with van der Waals surface area (Å²) in [5.41, 5.74) is 6.35. The number of anilines is 1. The topological polar surface area (TPSA) is 38.9 Å². The molecule has 0 bridgehead atoms. The molecular weight excluding hydrogens is 299 g/mol.